The van der Waals surface area contributed by atoms with E-state index in [2.05, 4.69) is 15.4 Å². The highest BCUT2D eigenvalue weighted by molar-refractivity contribution is 7.12. The van der Waals surface area contributed by atoms with Gasteiger partial charge in [0.2, 0.25) is 5.13 Å². The van der Waals surface area contributed by atoms with Gasteiger partial charge < -0.3 is 9.73 Å². The lowest BCUT2D eigenvalue weighted by atomic mass is 10.2. The van der Waals surface area contributed by atoms with Crippen molar-refractivity contribution in [2.75, 3.05) is 5.32 Å². The lowest BCUT2D eigenvalue weighted by molar-refractivity contribution is -0.384. The Labute approximate surface area is 195 Å². The van der Waals surface area contributed by atoms with E-state index in [1.165, 1.54) is 28.2 Å². The summed E-state index contributed by atoms with van der Waals surface area (Å²) in [5.74, 6) is 0.465. The quantitative estimate of drug-likeness (QED) is 0.249. The van der Waals surface area contributed by atoms with Crippen molar-refractivity contribution in [2.45, 2.75) is 6.92 Å². The van der Waals surface area contributed by atoms with Crippen LogP contribution in [-0.4, -0.2) is 25.6 Å². The molecule has 33 heavy (non-hydrogen) atoms. The van der Waals surface area contributed by atoms with E-state index in [-0.39, 0.29) is 16.3 Å². The number of thiazole rings is 1. The van der Waals surface area contributed by atoms with Gasteiger partial charge in [0.15, 0.2) is 5.76 Å². The van der Waals surface area contributed by atoms with Crippen LogP contribution in [0, 0.1) is 17.0 Å². The number of rotatable bonds is 5. The predicted molar refractivity (Wildman–Crippen MR) is 125 cm³/mol. The van der Waals surface area contributed by atoms with Crippen molar-refractivity contribution in [3.8, 4) is 16.6 Å². The van der Waals surface area contributed by atoms with Crippen molar-refractivity contribution in [3.05, 3.63) is 86.4 Å². The number of para-hydroxylation sites is 1. The van der Waals surface area contributed by atoms with Crippen LogP contribution in [0.2, 0.25) is 5.02 Å². The minimum atomic E-state index is -0.636. The van der Waals surface area contributed by atoms with E-state index in [0.717, 1.165) is 17.0 Å². The van der Waals surface area contributed by atoms with Crippen LogP contribution in [0.15, 0.2) is 64.4 Å². The zero-order chi connectivity index (χ0) is 23.1. The van der Waals surface area contributed by atoms with Crippen LogP contribution in [0.25, 0.3) is 27.6 Å². The molecule has 0 bridgehead atoms. The Balaban J connectivity index is 1.44. The number of fused-ring (bicyclic) bond motifs is 1. The summed E-state index contributed by atoms with van der Waals surface area (Å²) in [5, 5.41) is 21.6. The first-order chi connectivity index (χ1) is 15.9. The van der Waals surface area contributed by atoms with Crippen molar-refractivity contribution < 1.29 is 14.1 Å². The second kappa shape index (κ2) is 8.15. The molecule has 9 nitrogen and oxygen atoms in total. The standard InChI is InChI=1S/C22H14ClN5O4S/c1-12-8-20(25-21(29)14-6-7-15(23)17(9-14)28(30)31)27(26-12)22-24-16(11-33-22)19-10-13-4-2-3-5-18(13)32-19/h2-11H,1H3,(H,25,29). The second-order valence-electron chi connectivity index (χ2n) is 7.12. The molecule has 0 atom stereocenters. The summed E-state index contributed by atoms with van der Waals surface area (Å²) in [6, 6.07) is 15.2. The number of nitro groups is 1. The van der Waals surface area contributed by atoms with Crippen molar-refractivity contribution in [2.24, 2.45) is 0 Å². The van der Waals surface area contributed by atoms with E-state index in [9.17, 15) is 14.9 Å². The summed E-state index contributed by atoms with van der Waals surface area (Å²) in [7, 11) is 0. The first-order valence-corrected chi connectivity index (χ1v) is 10.9. The van der Waals surface area contributed by atoms with Gasteiger partial charge in [-0.3, -0.25) is 14.9 Å². The molecule has 164 valence electrons. The number of hydrogen-bond acceptors (Lipinski definition) is 7. The van der Waals surface area contributed by atoms with Crippen LogP contribution in [-0.2, 0) is 0 Å². The monoisotopic (exact) mass is 479 g/mol. The highest BCUT2D eigenvalue weighted by Gasteiger charge is 2.19. The van der Waals surface area contributed by atoms with E-state index in [0.29, 0.717) is 28.1 Å². The molecule has 5 rings (SSSR count). The zero-order valence-corrected chi connectivity index (χ0v) is 18.6. The van der Waals surface area contributed by atoms with Gasteiger partial charge in [-0.1, -0.05) is 29.8 Å². The van der Waals surface area contributed by atoms with Gasteiger partial charge in [0, 0.05) is 28.5 Å². The Morgan fingerprint density at radius 3 is 2.82 bits per heavy atom. The molecule has 0 unspecified atom stereocenters. The number of nitrogens with zero attached hydrogens (tertiary/aromatic N) is 4. The van der Waals surface area contributed by atoms with Gasteiger partial charge in [0.05, 0.1) is 10.6 Å². The number of halogens is 1. The third-order valence-electron chi connectivity index (χ3n) is 4.83. The molecule has 0 saturated carbocycles. The zero-order valence-electron chi connectivity index (χ0n) is 17.0. The van der Waals surface area contributed by atoms with Crippen LogP contribution in [0.4, 0.5) is 11.5 Å². The summed E-state index contributed by atoms with van der Waals surface area (Å²) < 4.78 is 7.39. The smallest absolute Gasteiger partial charge is 0.288 e. The highest BCUT2D eigenvalue weighted by atomic mass is 35.5. The molecule has 3 heterocycles. The van der Waals surface area contributed by atoms with Gasteiger partial charge in [-0.05, 0) is 31.2 Å². The molecular weight excluding hydrogens is 466 g/mol. The molecule has 0 aliphatic heterocycles. The maximum atomic E-state index is 12.8. The van der Waals surface area contributed by atoms with Crippen LogP contribution in [0.1, 0.15) is 16.1 Å². The van der Waals surface area contributed by atoms with E-state index in [4.69, 9.17) is 16.0 Å². The number of aromatic nitrogens is 3. The molecule has 0 aliphatic carbocycles. The summed E-state index contributed by atoms with van der Waals surface area (Å²) in [5.41, 5.74) is 1.82. The van der Waals surface area contributed by atoms with Gasteiger partial charge in [-0.2, -0.15) is 9.78 Å². The average Bonchev–Trinajstić information content (AvgIpc) is 3.51. The van der Waals surface area contributed by atoms with Gasteiger partial charge in [0.25, 0.3) is 11.6 Å². The Morgan fingerprint density at radius 2 is 2.03 bits per heavy atom. The van der Waals surface area contributed by atoms with Gasteiger partial charge in [0.1, 0.15) is 22.1 Å². The maximum Gasteiger partial charge on any atom is 0.288 e. The van der Waals surface area contributed by atoms with E-state index in [1.807, 2.05) is 35.7 Å². The molecule has 11 heteroatoms. The largest absolute Gasteiger partial charge is 0.454 e. The van der Waals surface area contributed by atoms with Crippen molar-refractivity contribution >= 4 is 51.3 Å². The molecule has 5 aromatic rings. The van der Waals surface area contributed by atoms with Crippen LogP contribution < -0.4 is 5.32 Å². The fourth-order valence-electron chi connectivity index (χ4n) is 3.30. The summed E-state index contributed by atoms with van der Waals surface area (Å²) in [4.78, 5) is 27.9. The number of aryl methyl sites for hydroxylation is 1. The van der Waals surface area contributed by atoms with E-state index in [1.54, 1.807) is 13.0 Å². The molecule has 1 N–H and O–H groups in total. The lowest BCUT2D eigenvalue weighted by Gasteiger charge is -2.07. The topological polar surface area (TPSA) is 116 Å². The lowest BCUT2D eigenvalue weighted by Crippen LogP contribution is -2.15. The molecular formula is C22H14ClN5O4S. The van der Waals surface area contributed by atoms with Crippen molar-refractivity contribution in [1.82, 2.24) is 14.8 Å². The SMILES string of the molecule is Cc1cc(NC(=O)c2ccc(Cl)c([N+](=O)[O-])c2)n(-c2nc(-c3cc4ccccc4o3)cs2)n1. The molecule has 1 amide bonds. The summed E-state index contributed by atoms with van der Waals surface area (Å²) in [6.07, 6.45) is 0. The highest BCUT2D eigenvalue weighted by Crippen LogP contribution is 2.31. The van der Waals surface area contributed by atoms with Crippen molar-refractivity contribution in [1.29, 1.82) is 0 Å². The number of nitro benzene ring substituents is 1. The number of furan rings is 1. The number of anilines is 1. The van der Waals surface area contributed by atoms with Crippen molar-refractivity contribution in [3.63, 3.8) is 0 Å². The normalized spacial score (nSPS) is 11.1. The molecule has 3 aromatic heterocycles. The summed E-state index contributed by atoms with van der Waals surface area (Å²) in [6.45, 7) is 1.78. The third-order valence-corrected chi connectivity index (χ3v) is 5.97. The minimum absolute atomic E-state index is 0.0432. The van der Waals surface area contributed by atoms with Crippen LogP contribution in [0.3, 0.4) is 0 Å². The number of carbonyl (C=O) groups excluding carboxylic acids is 1. The Morgan fingerprint density at radius 1 is 1.21 bits per heavy atom. The molecule has 0 radical (unpaired) electrons. The van der Waals surface area contributed by atoms with Crippen LogP contribution >= 0.6 is 22.9 Å². The molecule has 0 saturated heterocycles. The van der Waals surface area contributed by atoms with E-state index < -0.39 is 10.8 Å². The fraction of sp³-hybridized carbons (Fsp3) is 0.0455. The van der Waals surface area contributed by atoms with Gasteiger partial charge >= 0.3 is 0 Å². The molecule has 0 spiro atoms. The van der Waals surface area contributed by atoms with Gasteiger partial charge in [-0.25, -0.2) is 4.98 Å². The molecule has 0 aliphatic rings. The Kier molecular flexibility index (Phi) is 5.15. The van der Waals surface area contributed by atoms with Gasteiger partial charge in [-0.15, -0.1) is 11.3 Å². The maximum absolute atomic E-state index is 12.8. The molecule has 0 fully saturated rings. The predicted octanol–water partition coefficient (Wildman–Crippen LogP) is 5.86. The number of amides is 1. The number of benzene rings is 2. The third kappa shape index (κ3) is 3.97. The fourth-order valence-corrected chi connectivity index (χ4v) is 4.26. The first-order valence-electron chi connectivity index (χ1n) is 9.66. The number of hydrogen-bond donors (Lipinski definition) is 1. The Bertz CT molecular complexity index is 1500. The van der Waals surface area contributed by atoms with Crippen LogP contribution in [0.5, 0.6) is 0 Å². The second-order valence-corrected chi connectivity index (χ2v) is 8.37. The molecule has 2 aromatic carbocycles. The first kappa shape index (κ1) is 20.9. The number of nitrogens with one attached hydrogen (secondary N) is 1. The summed E-state index contributed by atoms with van der Waals surface area (Å²) >= 11 is 7.18. The number of carbonyl (C=O) groups is 1. The van der Waals surface area contributed by atoms with E-state index >= 15 is 0 Å². The minimum Gasteiger partial charge on any atom is -0.454 e. The Hall–Kier alpha value is -4.02. The average molecular weight is 480 g/mol.